The van der Waals surface area contributed by atoms with E-state index >= 15 is 0 Å². The molecule has 2 aromatic rings. The van der Waals surface area contributed by atoms with E-state index in [0.29, 0.717) is 6.42 Å². The molecule has 20 heavy (non-hydrogen) atoms. The summed E-state index contributed by atoms with van der Waals surface area (Å²) in [6.07, 6.45) is 2.82. The van der Waals surface area contributed by atoms with Crippen LogP contribution >= 0.6 is 22.6 Å². The maximum Gasteiger partial charge on any atom is 0.240 e. The molecular weight excluding hydrogens is 363 g/mol. The number of benzene rings is 2. The predicted octanol–water partition coefficient (Wildman–Crippen LogP) is 3.37. The molecule has 0 unspecified atom stereocenters. The first-order valence-corrected chi connectivity index (χ1v) is 7.43. The lowest BCUT2D eigenvalue weighted by atomic mass is 10.1. The number of hydrazone groups is 1. The lowest BCUT2D eigenvalue weighted by molar-refractivity contribution is -0.121. The first-order chi connectivity index (χ1) is 9.74. The van der Waals surface area contributed by atoms with E-state index in [4.69, 9.17) is 0 Å². The summed E-state index contributed by atoms with van der Waals surface area (Å²) in [6, 6.07) is 17.9. The molecule has 3 nitrogen and oxygen atoms in total. The lowest BCUT2D eigenvalue weighted by Crippen LogP contribution is -2.17. The number of nitrogens with zero attached hydrogens (tertiary/aromatic N) is 1. The fourth-order valence-corrected chi connectivity index (χ4v) is 2.05. The number of carbonyl (C=O) groups is 1. The molecule has 0 fully saturated rings. The molecule has 4 heteroatoms. The third kappa shape index (κ3) is 5.13. The van der Waals surface area contributed by atoms with Gasteiger partial charge in [0.1, 0.15) is 0 Å². The Labute approximate surface area is 132 Å². The third-order valence-corrected chi connectivity index (χ3v) is 3.48. The number of nitrogens with one attached hydrogen (secondary N) is 1. The molecule has 0 aliphatic carbocycles. The number of amides is 1. The second-order valence-corrected chi connectivity index (χ2v) is 5.58. The van der Waals surface area contributed by atoms with Gasteiger partial charge in [0.15, 0.2) is 0 Å². The van der Waals surface area contributed by atoms with Gasteiger partial charge in [-0.2, -0.15) is 5.10 Å². The molecule has 2 aromatic carbocycles. The Morgan fingerprint density at radius 3 is 2.50 bits per heavy atom. The van der Waals surface area contributed by atoms with E-state index in [9.17, 15) is 4.79 Å². The van der Waals surface area contributed by atoms with Crippen LogP contribution in [-0.4, -0.2) is 12.1 Å². The minimum atomic E-state index is -0.0735. The SMILES string of the molecule is O=C(CCc1ccccc1)N/N=C\c1ccc(I)cc1. The topological polar surface area (TPSA) is 41.5 Å². The smallest absolute Gasteiger partial charge is 0.240 e. The van der Waals surface area contributed by atoms with Crippen LogP contribution in [0.3, 0.4) is 0 Å². The number of carbonyl (C=O) groups excluding carboxylic acids is 1. The van der Waals surface area contributed by atoms with Crippen LogP contribution in [0.15, 0.2) is 59.7 Å². The fraction of sp³-hybridized carbons (Fsp3) is 0.125. The van der Waals surface area contributed by atoms with E-state index < -0.39 is 0 Å². The molecule has 0 aliphatic rings. The Morgan fingerprint density at radius 2 is 1.80 bits per heavy atom. The molecule has 0 heterocycles. The molecular formula is C16H15IN2O. The molecule has 2 rings (SSSR count). The number of hydrogen-bond acceptors (Lipinski definition) is 2. The first kappa shape index (κ1) is 14.7. The Balaban J connectivity index is 1.76. The quantitative estimate of drug-likeness (QED) is 0.484. The van der Waals surface area contributed by atoms with Gasteiger partial charge in [-0.05, 0) is 52.3 Å². The molecule has 0 aromatic heterocycles. The molecule has 0 spiro atoms. The van der Waals surface area contributed by atoms with Crippen LogP contribution in [0.4, 0.5) is 0 Å². The van der Waals surface area contributed by atoms with Gasteiger partial charge < -0.3 is 0 Å². The average Bonchev–Trinajstić information content (AvgIpc) is 2.48. The Bertz CT molecular complexity index is 579. The summed E-state index contributed by atoms with van der Waals surface area (Å²) in [5.41, 5.74) is 4.67. The van der Waals surface area contributed by atoms with Gasteiger partial charge in [0.05, 0.1) is 6.21 Å². The Morgan fingerprint density at radius 1 is 1.10 bits per heavy atom. The highest BCUT2D eigenvalue weighted by atomic mass is 127. The van der Waals surface area contributed by atoms with Crippen LogP contribution in [0.1, 0.15) is 17.5 Å². The van der Waals surface area contributed by atoms with Crippen molar-refractivity contribution in [3.63, 3.8) is 0 Å². The summed E-state index contributed by atoms with van der Waals surface area (Å²) in [5.74, 6) is -0.0735. The maximum absolute atomic E-state index is 11.6. The van der Waals surface area contributed by atoms with E-state index in [2.05, 4.69) is 33.1 Å². The van der Waals surface area contributed by atoms with E-state index in [0.717, 1.165) is 17.5 Å². The Hall–Kier alpha value is -1.69. The zero-order valence-corrected chi connectivity index (χ0v) is 13.1. The van der Waals surface area contributed by atoms with Crippen LogP contribution in [0, 0.1) is 3.57 Å². The fourth-order valence-electron chi connectivity index (χ4n) is 1.69. The summed E-state index contributed by atoms with van der Waals surface area (Å²) in [6.45, 7) is 0. The minimum Gasteiger partial charge on any atom is -0.273 e. The van der Waals surface area contributed by atoms with Crippen LogP contribution < -0.4 is 5.43 Å². The zero-order valence-electron chi connectivity index (χ0n) is 10.9. The highest BCUT2D eigenvalue weighted by Crippen LogP contribution is 2.05. The summed E-state index contributed by atoms with van der Waals surface area (Å²) >= 11 is 2.25. The lowest BCUT2D eigenvalue weighted by Gasteiger charge is -2.00. The van der Waals surface area contributed by atoms with Crippen LogP contribution in [0.2, 0.25) is 0 Å². The van der Waals surface area contributed by atoms with E-state index in [1.807, 2.05) is 54.6 Å². The standard InChI is InChI=1S/C16H15IN2O/c17-15-9-6-14(7-10-15)12-18-19-16(20)11-8-13-4-2-1-3-5-13/h1-7,9-10,12H,8,11H2,(H,19,20)/b18-12-. The zero-order chi connectivity index (χ0) is 14.2. The van der Waals surface area contributed by atoms with E-state index in [1.54, 1.807) is 6.21 Å². The largest absolute Gasteiger partial charge is 0.273 e. The molecule has 0 atom stereocenters. The molecule has 0 bridgehead atoms. The van der Waals surface area contributed by atoms with Gasteiger partial charge in [0.2, 0.25) is 5.91 Å². The van der Waals surface area contributed by atoms with Gasteiger partial charge in [-0.25, -0.2) is 5.43 Å². The number of aryl methyl sites for hydroxylation is 1. The van der Waals surface area contributed by atoms with Crippen LogP contribution in [-0.2, 0) is 11.2 Å². The van der Waals surface area contributed by atoms with Crippen molar-refractivity contribution in [1.82, 2.24) is 5.43 Å². The average molecular weight is 378 g/mol. The van der Waals surface area contributed by atoms with Crippen molar-refractivity contribution < 1.29 is 4.79 Å². The predicted molar refractivity (Wildman–Crippen MR) is 89.7 cm³/mol. The van der Waals surface area contributed by atoms with Crippen molar-refractivity contribution in [2.75, 3.05) is 0 Å². The van der Waals surface area contributed by atoms with E-state index in [-0.39, 0.29) is 5.91 Å². The molecule has 1 N–H and O–H groups in total. The summed E-state index contributed by atoms with van der Waals surface area (Å²) in [4.78, 5) is 11.6. The number of hydrogen-bond donors (Lipinski definition) is 1. The van der Waals surface area contributed by atoms with Crippen molar-refractivity contribution in [2.24, 2.45) is 5.10 Å². The van der Waals surface area contributed by atoms with Gasteiger partial charge in [-0.1, -0.05) is 42.5 Å². The summed E-state index contributed by atoms with van der Waals surface area (Å²) < 4.78 is 1.17. The van der Waals surface area contributed by atoms with E-state index in [1.165, 1.54) is 3.57 Å². The normalized spacial score (nSPS) is 10.7. The molecule has 0 radical (unpaired) electrons. The number of halogens is 1. The molecule has 0 aliphatic heterocycles. The highest BCUT2D eigenvalue weighted by molar-refractivity contribution is 14.1. The molecule has 0 saturated carbocycles. The summed E-state index contributed by atoms with van der Waals surface area (Å²) in [5, 5.41) is 3.96. The maximum atomic E-state index is 11.6. The highest BCUT2D eigenvalue weighted by Gasteiger charge is 2.00. The first-order valence-electron chi connectivity index (χ1n) is 6.35. The number of rotatable bonds is 5. The summed E-state index contributed by atoms with van der Waals surface area (Å²) in [7, 11) is 0. The van der Waals surface area contributed by atoms with Gasteiger partial charge in [-0.3, -0.25) is 4.79 Å². The molecule has 102 valence electrons. The monoisotopic (exact) mass is 378 g/mol. The van der Waals surface area contributed by atoms with Crippen LogP contribution in [0.25, 0.3) is 0 Å². The van der Waals surface area contributed by atoms with Crippen molar-refractivity contribution in [1.29, 1.82) is 0 Å². The van der Waals surface area contributed by atoms with Crippen molar-refractivity contribution >= 4 is 34.7 Å². The van der Waals surface area contributed by atoms with Crippen molar-refractivity contribution in [2.45, 2.75) is 12.8 Å². The second kappa shape index (κ2) is 7.79. The van der Waals surface area contributed by atoms with Gasteiger partial charge in [0, 0.05) is 9.99 Å². The molecule has 0 saturated heterocycles. The third-order valence-electron chi connectivity index (χ3n) is 2.76. The van der Waals surface area contributed by atoms with Crippen molar-refractivity contribution in [3.8, 4) is 0 Å². The second-order valence-electron chi connectivity index (χ2n) is 4.33. The van der Waals surface area contributed by atoms with Crippen molar-refractivity contribution in [3.05, 3.63) is 69.3 Å². The van der Waals surface area contributed by atoms with Gasteiger partial charge >= 0.3 is 0 Å². The van der Waals surface area contributed by atoms with Gasteiger partial charge in [0.25, 0.3) is 0 Å². The molecule has 1 amide bonds. The van der Waals surface area contributed by atoms with Gasteiger partial charge in [-0.15, -0.1) is 0 Å². The Kier molecular flexibility index (Phi) is 5.73. The minimum absolute atomic E-state index is 0.0735. The van der Waals surface area contributed by atoms with Crippen LogP contribution in [0.5, 0.6) is 0 Å².